The van der Waals surface area contributed by atoms with E-state index in [9.17, 15) is 14.4 Å². The Labute approximate surface area is 178 Å². The molecule has 2 atom stereocenters. The number of rotatable bonds is 5. The minimum absolute atomic E-state index is 0.195. The van der Waals surface area contributed by atoms with E-state index in [0.29, 0.717) is 16.4 Å². The molecule has 0 saturated heterocycles. The molecule has 2 aromatic rings. The van der Waals surface area contributed by atoms with Crippen LogP contribution in [0.3, 0.4) is 0 Å². The van der Waals surface area contributed by atoms with Crippen LogP contribution in [0.5, 0.6) is 0 Å². The van der Waals surface area contributed by atoms with Gasteiger partial charge in [-0.15, -0.1) is 0 Å². The molecule has 0 spiro atoms. The second kappa shape index (κ2) is 9.00. The molecule has 2 unspecified atom stereocenters. The Kier molecular flexibility index (Phi) is 6.41. The van der Waals surface area contributed by atoms with Gasteiger partial charge in [-0.05, 0) is 49.2 Å². The first kappa shape index (κ1) is 21.4. The van der Waals surface area contributed by atoms with E-state index < -0.39 is 17.3 Å². The van der Waals surface area contributed by atoms with Crippen molar-refractivity contribution in [3.05, 3.63) is 59.2 Å². The number of nitrogens with two attached hydrogens (primary N) is 1. The first-order valence-corrected chi connectivity index (χ1v) is 10.2. The maximum atomic E-state index is 12.6. The summed E-state index contributed by atoms with van der Waals surface area (Å²) in [6, 6.07) is 11.5. The van der Waals surface area contributed by atoms with Crippen LogP contribution in [0.25, 0.3) is 0 Å². The number of aliphatic imine (C=N–C) groups is 1. The SMILES string of the molecule is CC(=O)Nc1ccc(C(=O)NC2SC(Nc3c(C)cccc3C)=NC2C(N)=O)cc1. The minimum atomic E-state index is -0.885. The number of thioether (sulfide) groups is 1. The fourth-order valence-electron chi connectivity index (χ4n) is 3.03. The molecule has 9 heteroatoms. The molecule has 1 heterocycles. The van der Waals surface area contributed by atoms with E-state index in [2.05, 4.69) is 20.9 Å². The molecule has 0 radical (unpaired) electrons. The van der Waals surface area contributed by atoms with Gasteiger partial charge in [-0.3, -0.25) is 14.4 Å². The fourth-order valence-corrected chi connectivity index (χ4v) is 4.10. The molecule has 0 bridgehead atoms. The second-order valence-electron chi connectivity index (χ2n) is 6.94. The van der Waals surface area contributed by atoms with Gasteiger partial charge in [-0.25, -0.2) is 4.99 Å². The first-order chi connectivity index (χ1) is 14.2. The third-order valence-corrected chi connectivity index (χ3v) is 5.59. The Hall–Kier alpha value is -3.33. The zero-order valence-corrected chi connectivity index (χ0v) is 17.7. The molecule has 156 valence electrons. The lowest BCUT2D eigenvalue weighted by molar-refractivity contribution is -0.119. The maximum Gasteiger partial charge on any atom is 0.252 e. The summed E-state index contributed by atoms with van der Waals surface area (Å²) in [4.78, 5) is 40.0. The zero-order valence-electron chi connectivity index (χ0n) is 16.9. The number of hydrogen-bond donors (Lipinski definition) is 4. The smallest absolute Gasteiger partial charge is 0.252 e. The van der Waals surface area contributed by atoms with E-state index in [-0.39, 0.29) is 11.8 Å². The summed E-state index contributed by atoms with van der Waals surface area (Å²) in [5.74, 6) is -1.18. The normalized spacial score (nSPS) is 17.8. The Morgan fingerprint density at radius 2 is 1.67 bits per heavy atom. The first-order valence-electron chi connectivity index (χ1n) is 9.30. The van der Waals surface area contributed by atoms with Gasteiger partial charge in [0.2, 0.25) is 11.8 Å². The van der Waals surface area contributed by atoms with Gasteiger partial charge < -0.3 is 21.7 Å². The van der Waals surface area contributed by atoms with Gasteiger partial charge >= 0.3 is 0 Å². The van der Waals surface area contributed by atoms with Gasteiger partial charge in [0.1, 0.15) is 5.37 Å². The van der Waals surface area contributed by atoms with Gasteiger partial charge in [-0.1, -0.05) is 30.0 Å². The number of para-hydroxylation sites is 1. The summed E-state index contributed by atoms with van der Waals surface area (Å²) in [5.41, 5.74) is 9.48. The van der Waals surface area contributed by atoms with Crippen molar-refractivity contribution in [2.45, 2.75) is 32.2 Å². The van der Waals surface area contributed by atoms with E-state index in [0.717, 1.165) is 16.8 Å². The number of benzene rings is 2. The van der Waals surface area contributed by atoms with Crippen molar-refractivity contribution < 1.29 is 14.4 Å². The highest BCUT2D eigenvalue weighted by atomic mass is 32.2. The number of hydrogen-bond acceptors (Lipinski definition) is 6. The number of amides is 3. The van der Waals surface area contributed by atoms with Crippen LogP contribution in [0.15, 0.2) is 47.5 Å². The average Bonchev–Trinajstić information content (AvgIpc) is 3.07. The molecule has 3 amide bonds. The molecule has 30 heavy (non-hydrogen) atoms. The van der Waals surface area contributed by atoms with Crippen LogP contribution in [-0.4, -0.2) is 34.3 Å². The second-order valence-corrected chi connectivity index (χ2v) is 8.07. The summed E-state index contributed by atoms with van der Waals surface area (Å²) in [5, 5.41) is 8.59. The van der Waals surface area contributed by atoms with Gasteiger partial charge in [0.25, 0.3) is 5.91 Å². The monoisotopic (exact) mass is 425 g/mol. The van der Waals surface area contributed by atoms with E-state index >= 15 is 0 Å². The number of amidine groups is 1. The molecule has 1 aliphatic rings. The van der Waals surface area contributed by atoms with Crippen LogP contribution in [0.2, 0.25) is 0 Å². The molecule has 8 nitrogen and oxygen atoms in total. The van der Waals surface area contributed by atoms with Crippen LogP contribution in [-0.2, 0) is 9.59 Å². The number of nitrogens with one attached hydrogen (secondary N) is 3. The van der Waals surface area contributed by atoms with E-state index in [4.69, 9.17) is 5.73 Å². The molecule has 5 N–H and O–H groups in total. The molecule has 0 aromatic heterocycles. The molecule has 3 rings (SSSR count). The van der Waals surface area contributed by atoms with Crippen LogP contribution in [0.1, 0.15) is 28.4 Å². The molecular weight excluding hydrogens is 402 g/mol. The highest BCUT2D eigenvalue weighted by Gasteiger charge is 2.36. The zero-order chi connectivity index (χ0) is 21.8. The quantitative estimate of drug-likeness (QED) is 0.585. The average molecular weight is 426 g/mol. The number of anilines is 2. The fraction of sp³-hybridized carbons (Fsp3) is 0.238. The molecule has 0 fully saturated rings. The van der Waals surface area contributed by atoms with Gasteiger partial charge in [0.15, 0.2) is 11.2 Å². The van der Waals surface area contributed by atoms with Gasteiger partial charge in [0.05, 0.1) is 0 Å². The van der Waals surface area contributed by atoms with Crippen LogP contribution >= 0.6 is 11.8 Å². The van der Waals surface area contributed by atoms with Crippen molar-refractivity contribution >= 4 is 46.0 Å². The van der Waals surface area contributed by atoms with Crippen molar-refractivity contribution in [1.29, 1.82) is 0 Å². The largest absolute Gasteiger partial charge is 0.368 e. The van der Waals surface area contributed by atoms with Crippen molar-refractivity contribution in [2.75, 3.05) is 10.6 Å². The molecule has 0 aliphatic carbocycles. The topological polar surface area (TPSA) is 126 Å². The standard InChI is InChI=1S/C21H23N5O3S/c1-11-5-4-6-12(2)16(11)24-21-25-17(18(22)28)20(30-21)26-19(29)14-7-9-15(10-8-14)23-13(3)27/h4-10,17,20H,1-3H3,(H2,22,28)(H,23,27)(H,24,25)(H,26,29). The number of primary amides is 1. The lowest BCUT2D eigenvalue weighted by atomic mass is 10.1. The Bertz CT molecular complexity index is 1000. The van der Waals surface area contributed by atoms with E-state index in [1.165, 1.54) is 18.7 Å². The summed E-state index contributed by atoms with van der Waals surface area (Å²) >= 11 is 1.24. The number of carbonyl (C=O) groups is 3. The lowest BCUT2D eigenvalue weighted by Crippen LogP contribution is -2.44. The summed E-state index contributed by atoms with van der Waals surface area (Å²) in [7, 11) is 0. The Balaban J connectivity index is 1.71. The molecular formula is C21H23N5O3S. The van der Waals surface area contributed by atoms with Crippen molar-refractivity contribution in [1.82, 2.24) is 5.32 Å². The van der Waals surface area contributed by atoms with Crippen molar-refractivity contribution in [3.8, 4) is 0 Å². The van der Waals surface area contributed by atoms with Gasteiger partial charge in [-0.2, -0.15) is 0 Å². The highest BCUT2D eigenvalue weighted by Crippen LogP contribution is 2.29. The lowest BCUT2D eigenvalue weighted by Gasteiger charge is -2.16. The van der Waals surface area contributed by atoms with E-state index in [1.54, 1.807) is 24.3 Å². The van der Waals surface area contributed by atoms with E-state index in [1.807, 2.05) is 32.0 Å². The number of nitrogens with zero attached hydrogens (tertiary/aromatic N) is 1. The highest BCUT2D eigenvalue weighted by molar-refractivity contribution is 8.15. The predicted octanol–water partition coefficient (Wildman–Crippen LogP) is 2.39. The third kappa shape index (κ3) is 4.98. The number of aryl methyl sites for hydroxylation is 2. The van der Waals surface area contributed by atoms with Crippen LogP contribution in [0.4, 0.5) is 11.4 Å². The van der Waals surface area contributed by atoms with Crippen molar-refractivity contribution in [2.24, 2.45) is 10.7 Å². The summed E-state index contributed by atoms with van der Waals surface area (Å²) < 4.78 is 0. The predicted molar refractivity (Wildman–Crippen MR) is 120 cm³/mol. The number of carbonyl (C=O) groups excluding carboxylic acids is 3. The summed E-state index contributed by atoms with van der Waals surface area (Å²) in [6.07, 6.45) is 0. The third-order valence-electron chi connectivity index (χ3n) is 4.53. The maximum absolute atomic E-state index is 12.6. The van der Waals surface area contributed by atoms with Crippen molar-refractivity contribution in [3.63, 3.8) is 0 Å². The van der Waals surface area contributed by atoms with Crippen LogP contribution in [0, 0.1) is 13.8 Å². The molecule has 1 aliphatic heterocycles. The van der Waals surface area contributed by atoms with Crippen LogP contribution < -0.4 is 21.7 Å². The van der Waals surface area contributed by atoms with Gasteiger partial charge in [0, 0.05) is 23.9 Å². The Morgan fingerprint density at radius 3 is 2.23 bits per heavy atom. The molecule has 0 saturated carbocycles. The minimum Gasteiger partial charge on any atom is -0.368 e. The molecule has 2 aromatic carbocycles. The summed E-state index contributed by atoms with van der Waals surface area (Å²) in [6.45, 7) is 5.36. The Morgan fingerprint density at radius 1 is 1.03 bits per heavy atom.